The number of fused-ring (bicyclic) bond motifs is 3. The minimum absolute atomic E-state index is 0.0814. The monoisotopic (exact) mass is 530 g/mol. The van der Waals surface area contributed by atoms with Crippen molar-refractivity contribution in [1.82, 2.24) is 15.2 Å². The predicted molar refractivity (Wildman–Crippen MR) is 151 cm³/mol. The molecule has 3 aromatic carbocycles. The van der Waals surface area contributed by atoms with E-state index in [1.807, 2.05) is 49.4 Å². The van der Waals surface area contributed by atoms with Crippen LogP contribution in [0.3, 0.4) is 0 Å². The van der Waals surface area contributed by atoms with Crippen LogP contribution in [-0.4, -0.2) is 76.7 Å². The number of nitrogens with zero attached hydrogens (tertiary/aromatic N) is 1. The fourth-order valence-corrected chi connectivity index (χ4v) is 4.80. The Kier molecular flexibility index (Phi) is 7.99. The number of aromatic hydroxyl groups is 1. The van der Waals surface area contributed by atoms with Crippen LogP contribution >= 0.6 is 0 Å². The Hall–Kier alpha value is -4.08. The number of H-pyrrole nitrogens is 1. The number of aliphatic hydroxyl groups is 1. The third-order valence-electron chi connectivity index (χ3n) is 6.96. The van der Waals surface area contributed by atoms with Gasteiger partial charge in [0.1, 0.15) is 18.5 Å². The molecule has 0 aliphatic carbocycles. The first kappa shape index (κ1) is 26.5. The molecule has 0 spiro atoms. The molecule has 1 fully saturated rings. The number of nitrogens with one attached hydrogen (secondary N) is 3. The first-order valence-corrected chi connectivity index (χ1v) is 13.3. The van der Waals surface area contributed by atoms with E-state index in [2.05, 4.69) is 10.3 Å². The molecule has 1 aromatic heterocycles. The van der Waals surface area contributed by atoms with Crippen LogP contribution in [0.25, 0.3) is 21.8 Å². The van der Waals surface area contributed by atoms with Crippen LogP contribution in [-0.2, 0) is 4.79 Å². The van der Waals surface area contributed by atoms with Gasteiger partial charge in [-0.3, -0.25) is 4.79 Å². The number of ether oxygens (including phenoxy) is 2. The Morgan fingerprint density at radius 1 is 1.10 bits per heavy atom. The predicted octanol–water partition coefficient (Wildman–Crippen LogP) is 3.81. The van der Waals surface area contributed by atoms with Crippen molar-refractivity contribution in [3.63, 3.8) is 0 Å². The maximum Gasteiger partial charge on any atom is 0.260 e. The van der Waals surface area contributed by atoms with Gasteiger partial charge in [-0.15, -0.1) is 0 Å². The molecule has 0 radical (unpaired) electrons. The zero-order valence-electron chi connectivity index (χ0n) is 21.9. The Morgan fingerprint density at radius 2 is 1.90 bits per heavy atom. The average molecular weight is 531 g/mol. The summed E-state index contributed by atoms with van der Waals surface area (Å²) in [5.74, 6) is 0.690. The van der Waals surface area contributed by atoms with Gasteiger partial charge in [-0.2, -0.15) is 0 Å². The standard InChI is InChI=1S/C30H34N4O5/c1-2-6-23(31)19-11-12-27(26(36)13-19)39-18-29(37)34-15-20(16-34)32-14-21(35)17-38-28-10-5-9-25-30(28)22-7-3-4-8-24(22)33-25/h3-5,7-13,20-21,31-33,35-36H,2,6,14-18H2,1H3. The smallest absolute Gasteiger partial charge is 0.260 e. The normalized spacial score (nSPS) is 14.4. The van der Waals surface area contributed by atoms with Gasteiger partial charge in [-0.1, -0.05) is 37.6 Å². The zero-order valence-corrected chi connectivity index (χ0v) is 21.9. The van der Waals surface area contributed by atoms with Gasteiger partial charge in [-0.05, 0) is 48.4 Å². The maximum absolute atomic E-state index is 12.5. The van der Waals surface area contributed by atoms with Gasteiger partial charge < -0.3 is 40.3 Å². The Morgan fingerprint density at radius 3 is 2.69 bits per heavy atom. The molecule has 39 heavy (non-hydrogen) atoms. The topological polar surface area (TPSA) is 131 Å². The number of rotatable bonds is 12. The second kappa shape index (κ2) is 11.8. The van der Waals surface area contributed by atoms with Crippen molar-refractivity contribution < 1.29 is 24.5 Å². The van der Waals surface area contributed by atoms with Crippen molar-refractivity contribution >= 4 is 33.4 Å². The fourth-order valence-electron chi connectivity index (χ4n) is 4.80. The minimum atomic E-state index is -0.705. The van der Waals surface area contributed by atoms with E-state index in [-0.39, 0.29) is 36.7 Å². The number of hydrogen-bond donors (Lipinski definition) is 5. The summed E-state index contributed by atoms with van der Waals surface area (Å²) >= 11 is 0. The number of hydrogen-bond acceptors (Lipinski definition) is 7. The van der Waals surface area contributed by atoms with E-state index in [1.165, 1.54) is 6.07 Å². The molecule has 1 saturated heterocycles. The van der Waals surface area contributed by atoms with Crippen LogP contribution in [0.5, 0.6) is 17.2 Å². The highest BCUT2D eigenvalue weighted by Gasteiger charge is 2.31. The number of carbonyl (C=O) groups is 1. The summed E-state index contributed by atoms with van der Waals surface area (Å²) in [4.78, 5) is 17.5. The molecule has 9 heteroatoms. The molecule has 1 aliphatic heterocycles. The minimum Gasteiger partial charge on any atom is -0.504 e. The molecule has 9 nitrogen and oxygen atoms in total. The van der Waals surface area contributed by atoms with E-state index in [1.54, 1.807) is 17.0 Å². The van der Waals surface area contributed by atoms with Crippen molar-refractivity contribution in [3.05, 3.63) is 66.2 Å². The lowest BCUT2D eigenvalue weighted by molar-refractivity contribution is -0.138. The number of phenolic OH excluding ortho intramolecular Hbond substituents is 1. The first-order valence-electron chi connectivity index (χ1n) is 13.3. The van der Waals surface area contributed by atoms with Gasteiger partial charge in [0, 0.05) is 47.7 Å². The fraction of sp³-hybridized carbons (Fsp3) is 0.333. The number of amides is 1. The number of aliphatic hydroxyl groups excluding tert-OH is 1. The third kappa shape index (κ3) is 6.00. The number of benzene rings is 3. The van der Waals surface area contributed by atoms with E-state index < -0.39 is 6.10 Å². The summed E-state index contributed by atoms with van der Waals surface area (Å²) in [5, 5.41) is 34.1. The van der Waals surface area contributed by atoms with Crippen molar-refractivity contribution in [2.45, 2.75) is 31.9 Å². The molecular weight excluding hydrogens is 496 g/mol. The summed E-state index contributed by atoms with van der Waals surface area (Å²) in [7, 11) is 0. The molecule has 5 rings (SSSR count). The number of aromatic amines is 1. The Bertz CT molecular complexity index is 1480. The lowest BCUT2D eigenvalue weighted by atomic mass is 10.1. The Balaban J connectivity index is 1.03. The van der Waals surface area contributed by atoms with Crippen LogP contribution in [0.4, 0.5) is 0 Å². The van der Waals surface area contributed by atoms with Crippen molar-refractivity contribution in [3.8, 4) is 17.2 Å². The van der Waals surface area contributed by atoms with Gasteiger partial charge >= 0.3 is 0 Å². The molecule has 0 bridgehead atoms. The third-order valence-corrected chi connectivity index (χ3v) is 6.96. The number of carbonyl (C=O) groups excluding carboxylic acids is 1. The van der Waals surface area contributed by atoms with Crippen LogP contribution in [0.1, 0.15) is 25.3 Å². The second-order valence-electron chi connectivity index (χ2n) is 9.92. The lowest BCUT2D eigenvalue weighted by Crippen LogP contribution is -2.61. The molecule has 204 valence electrons. The van der Waals surface area contributed by atoms with Gasteiger partial charge in [-0.25, -0.2) is 0 Å². The summed E-state index contributed by atoms with van der Waals surface area (Å²) < 4.78 is 11.5. The van der Waals surface area contributed by atoms with E-state index in [4.69, 9.17) is 14.9 Å². The lowest BCUT2D eigenvalue weighted by Gasteiger charge is -2.40. The van der Waals surface area contributed by atoms with Gasteiger partial charge in [0.15, 0.2) is 18.1 Å². The van der Waals surface area contributed by atoms with Gasteiger partial charge in [0.2, 0.25) is 0 Å². The molecule has 1 amide bonds. The van der Waals surface area contributed by atoms with Crippen LogP contribution < -0.4 is 14.8 Å². The van der Waals surface area contributed by atoms with E-state index in [9.17, 15) is 15.0 Å². The molecular formula is C30H34N4O5. The van der Waals surface area contributed by atoms with Gasteiger partial charge in [0.05, 0.1) is 5.52 Å². The number of phenols is 1. The molecule has 4 aromatic rings. The molecule has 0 saturated carbocycles. The van der Waals surface area contributed by atoms with Crippen LogP contribution in [0.2, 0.25) is 0 Å². The molecule has 1 unspecified atom stereocenters. The summed E-state index contributed by atoms with van der Waals surface area (Å²) in [6.07, 6.45) is 0.782. The highest BCUT2D eigenvalue weighted by Crippen LogP contribution is 2.33. The second-order valence-corrected chi connectivity index (χ2v) is 9.92. The number of para-hydroxylation sites is 1. The van der Waals surface area contributed by atoms with Crippen LogP contribution in [0, 0.1) is 5.41 Å². The summed E-state index contributed by atoms with van der Waals surface area (Å²) in [5.41, 5.74) is 3.13. The van der Waals surface area contributed by atoms with Crippen LogP contribution in [0.15, 0.2) is 60.7 Å². The average Bonchev–Trinajstić information content (AvgIpc) is 3.29. The molecule has 5 N–H and O–H groups in total. The first-order chi connectivity index (χ1) is 18.9. The number of likely N-dealkylation sites (tertiary alicyclic amines) is 1. The van der Waals surface area contributed by atoms with Crippen molar-refractivity contribution in [2.24, 2.45) is 0 Å². The summed E-state index contributed by atoms with van der Waals surface area (Å²) in [6, 6.07) is 18.8. The van der Waals surface area contributed by atoms with E-state index in [0.29, 0.717) is 37.3 Å². The quantitative estimate of drug-likeness (QED) is 0.177. The molecule has 1 atom stereocenters. The Labute approximate surface area is 226 Å². The highest BCUT2D eigenvalue weighted by atomic mass is 16.5. The highest BCUT2D eigenvalue weighted by molar-refractivity contribution is 6.10. The number of aromatic nitrogens is 1. The molecule has 1 aliphatic rings. The van der Waals surface area contributed by atoms with Crippen molar-refractivity contribution in [2.75, 3.05) is 32.8 Å². The summed E-state index contributed by atoms with van der Waals surface area (Å²) in [6.45, 7) is 3.35. The largest absolute Gasteiger partial charge is 0.504 e. The SMILES string of the molecule is CCCC(=N)c1ccc(OCC(=O)N2CC(NCC(O)COc3cccc4[nH]c5ccccc5c34)C2)c(O)c1. The van der Waals surface area contributed by atoms with E-state index >= 15 is 0 Å². The zero-order chi connectivity index (χ0) is 27.4. The molecule has 2 heterocycles. The van der Waals surface area contributed by atoms with Crippen molar-refractivity contribution in [1.29, 1.82) is 5.41 Å². The maximum atomic E-state index is 12.5. The van der Waals surface area contributed by atoms with Gasteiger partial charge in [0.25, 0.3) is 5.91 Å². The van der Waals surface area contributed by atoms with E-state index in [0.717, 1.165) is 34.0 Å².